The molecule has 3 aromatic carbocycles. The second kappa shape index (κ2) is 12.6. The summed E-state index contributed by atoms with van der Waals surface area (Å²) >= 11 is 7.50. The Hall–Kier alpha value is -4.14. The lowest BCUT2D eigenvalue weighted by Gasteiger charge is -2.26. The minimum atomic E-state index is -0.740. The molecule has 0 bridgehead atoms. The average Bonchev–Trinajstić information content (AvgIpc) is 3.27. The maximum atomic E-state index is 13.9. The van der Waals surface area contributed by atoms with Crippen molar-refractivity contribution in [3.8, 4) is 11.5 Å². The molecule has 1 atom stereocenters. The van der Waals surface area contributed by atoms with Crippen LogP contribution in [0.15, 0.2) is 93.9 Å². The molecule has 0 fully saturated rings. The summed E-state index contributed by atoms with van der Waals surface area (Å²) in [5.74, 6) is 0.774. The molecule has 0 saturated heterocycles. The standard InChI is InChI=1S/C32H29ClN2O5S/c1-4-38-26-13-9-7-11-24(26)29-28(31(37)39-5-2)20(3)34-32-35(29)30(36)27(41-32)18-21-14-16-23(17-15-21)40-19-22-10-6-8-12-25(22)33/h6-18,29H,4-5,19H2,1-3H3/b27-18-/t29-/m0/s1. The van der Waals surface area contributed by atoms with E-state index in [0.29, 0.717) is 55.9 Å². The molecule has 0 saturated carbocycles. The predicted molar refractivity (Wildman–Crippen MR) is 160 cm³/mol. The van der Waals surface area contributed by atoms with E-state index in [9.17, 15) is 9.59 Å². The van der Waals surface area contributed by atoms with Crippen LogP contribution in [0.1, 0.15) is 43.5 Å². The highest BCUT2D eigenvalue weighted by molar-refractivity contribution is 7.07. The van der Waals surface area contributed by atoms with Crippen LogP contribution in [0.4, 0.5) is 0 Å². The van der Waals surface area contributed by atoms with Crippen molar-refractivity contribution >= 4 is 35.0 Å². The van der Waals surface area contributed by atoms with Crippen LogP contribution in [0.2, 0.25) is 5.02 Å². The molecule has 0 radical (unpaired) electrons. The number of esters is 1. The number of allylic oxidation sites excluding steroid dienone is 1. The van der Waals surface area contributed by atoms with E-state index < -0.39 is 12.0 Å². The Morgan fingerprint density at radius 2 is 1.73 bits per heavy atom. The Balaban J connectivity index is 1.53. The molecule has 5 rings (SSSR count). The third-order valence-corrected chi connectivity index (χ3v) is 7.91. The molecule has 1 aliphatic heterocycles. The largest absolute Gasteiger partial charge is 0.494 e. The van der Waals surface area contributed by atoms with Crippen LogP contribution in [0.5, 0.6) is 11.5 Å². The zero-order chi connectivity index (χ0) is 28.9. The predicted octanol–water partition coefficient (Wildman–Crippen LogP) is 5.43. The maximum Gasteiger partial charge on any atom is 0.338 e. The van der Waals surface area contributed by atoms with Gasteiger partial charge >= 0.3 is 5.97 Å². The van der Waals surface area contributed by atoms with Gasteiger partial charge < -0.3 is 14.2 Å². The van der Waals surface area contributed by atoms with Gasteiger partial charge in [-0.15, -0.1) is 0 Å². The van der Waals surface area contributed by atoms with E-state index in [-0.39, 0.29) is 12.2 Å². The maximum absolute atomic E-state index is 13.9. The number of rotatable bonds is 9. The number of nitrogens with zero attached hydrogens (tertiary/aromatic N) is 2. The summed E-state index contributed by atoms with van der Waals surface area (Å²) in [6.07, 6.45) is 1.82. The first-order chi connectivity index (χ1) is 19.9. The number of carbonyl (C=O) groups excluding carboxylic acids is 1. The summed E-state index contributed by atoms with van der Waals surface area (Å²) in [7, 11) is 0. The van der Waals surface area contributed by atoms with Crippen molar-refractivity contribution in [2.24, 2.45) is 4.99 Å². The van der Waals surface area contributed by atoms with Crippen LogP contribution >= 0.6 is 22.9 Å². The monoisotopic (exact) mass is 588 g/mol. The zero-order valence-electron chi connectivity index (χ0n) is 22.9. The molecule has 7 nitrogen and oxygen atoms in total. The molecular weight excluding hydrogens is 560 g/mol. The Labute approximate surface area is 246 Å². The zero-order valence-corrected chi connectivity index (χ0v) is 24.5. The lowest BCUT2D eigenvalue weighted by atomic mass is 9.95. The number of para-hydroxylation sites is 1. The number of aromatic nitrogens is 1. The fourth-order valence-electron chi connectivity index (χ4n) is 4.67. The number of benzene rings is 3. The van der Waals surface area contributed by atoms with E-state index in [4.69, 9.17) is 25.8 Å². The number of halogens is 1. The number of hydrogen-bond acceptors (Lipinski definition) is 7. The molecule has 9 heteroatoms. The van der Waals surface area contributed by atoms with E-state index in [0.717, 1.165) is 11.1 Å². The first kappa shape index (κ1) is 28.4. The van der Waals surface area contributed by atoms with E-state index in [1.54, 1.807) is 18.4 Å². The Morgan fingerprint density at radius 3 is 2.46 bits per heavy atom. The highest BCUT2D eigenvalue weighted by atomic mass is 35.5. The van der Waals surface area contributed by atoms with Gasteiger partial charge in [0, 0.05) is 16.1 Å². The molecule has 0 aliphatic carbocycles. The second-order valence-electron chi connectivity index (χ2n) is 9.22. The van der Waals surface area contributed by atoms with Crippen molar-refractivity contribution < 1.29 is 19.0 Å². The van der Waals surface area contributed by atoms with Crippen LogP contribution in [-0.2, 0) is 16.1 Å². The fourth-order valence-corrected chi connectivity index (χ4v) is 5.90. The van der Waals surface area contributed by atoms with Gasteiger partial charge in [0.15, 0.2) is 4.80 Å². The van der Waals surface area contributed by atoms with Gasteiger partial charge in [-0.05, 0) is 56.7 Å². The molecule has 0 N–H and O–H groups in total. The van der Waals surface area contributed by atoms with Crippen molar-refractivity contribution in [2.45, 2.75) is 33.4 Å². The van der Waals surface area contributed by atoms with E-state index in [1.807, 2.05) is 85.8 Å². The molecule has 0 unspecified atom stereocenters. The van der Waals surface area contributed by atoms with Gasteiger partial charge in [0.1, 0.15) is 24.1 Å². The number of fused-ring (bicyclic) bond motifs is 1. The Morgan fingerprint density at radius 1 is 1.00 bits per heavy atom. The van der Waals surface area contributed by atoms with Gasteiger partial charge in [0.05, 0.1) is 29.0 Å². The summed E-state index contributed by atoms with van der Waals surface area (Å²) in [6.45, 7) is 6.40. The lowest BCUT2D eigenvalue weighted by molar-refractivity contribution is -0.139. The van der Waals surface area contributed by atoms with E-state index in [2.05, 4.69) is 4.99 Å². The van der Waals surface area contributed by atoms with Gasteiger partial charge in [0.25, 0.3) is 5.56 Å². The third kappa shape index (κ3) is 5.99. The SMILES string of the molecule is CCOC(=O)C1=C(C)N=c2s/c(=C\c3ccc(OCc4ccccc4Cl)cc3)c(=O)n2[C@H]1c1ccccc1OCC. The molecule has 210 valence electrons. The third-order valence-electron chi connectivity index (χ3n) is 6.56. The van der Waals surface area contributed by atoms with Crippen LogP contribution in [0, 0.1) is 0 Å². The highest BCUT2D eigenvalue weighted by Gasteiger charge is 2.35. The lowest BCUT2D eigenvalue weighted by Crippen LogP contribution is -2.40. The van der Waals surface area contributed by atoms with E-state index in [1.165, 1.54) is 11.3 Å². The molecule has 0 spiro atoms. The van der Waals surface area contributed by atoms with Gasteiger partial charge in [-0.1, -0.05) is 71.5 Å². The van der Waals surface area contributed by atoms with Crippen LogP contribution < -0.4 is 24.4 Å². The van der Waals surface area contributed by atoms with Crippen molar-refractivity contribution in [1.29, 1.82) is 0 Å². The minimum absolute atomic E-state index is 0.206. The number of ether oxygens (including phenoxy) is 3. The van der Waals surface area contributed by atoms with E-state index >= 15 is 0 Å². The molecule has 1 aromatic heterocycles. The van der Waals surface area contributed by atoms with Gasteiger partial charge in [-0.2, -0.15) is 0 Å². The molecule has 0 amide bonds. The number of hydrogen-bond donors (Lipinski definition) is 0. The van der Waals surface area contributed by atoms with Crippen molar-refractivity contribution in [2.75, 3.05) is 13.2 Å². The van der Waals surface area contributed by atoms with Gasteiger partial charge in [-0.3, -0.25) is 9.36 Å². The molecule has 41 heavy (non-hydrogen) atoms. The van der Waals surface area contributed by atoms with Crippen molar-refractivity contribution in [1.82, 2.24) is 4.57 Å². The highest BCUT2D eigenvalue weighted by Crippen LogP contribution is 2.35. The van der Waals surface area contributed by atoms with Crippen LogP contribution in [0.25, 0.3) is 6.08 Å². The van der Waals surface area contributed by atoms with Crippen LogP contribution in [-0.4, -0.2) is 23.8 Å². The Kier molecular flexibility index (Phi) is 8.71. The van der Waals surface area contributed by atoms with Gasteiger partial charge in [0.2, 0.25) is 0 Å². The average molecular weight is 589 g/mol. The molecule has 1 aliphatic rings. The molecule has 2 heterocycles. The van der Waals surface area contributed by atoms with Crippen molar-refractivity contribution in [3.63, 3.8) is 0 Å². The summed E-state index contributed by atoms with van der Waals surface area (Å²) in [5.41, 5.74) is 2.99. The van der Waals surface area contributed by atoms with Gasteiger partial charge in [-0.25, -0.2) is 9.79 Å². The molecule has 4 aromatic rings. The number of carbonyl (C=O) groups is 1. The van der Waals surface area contributed by atoms with Crippen LogP contribution in [0.3, 0.4) is 0 Å². The molecular formula is C32H29ClN2O5S. The second-order valence-corrected chi connectivity index (χ2v) is 10.6. The minimum Gasteiger partial charge on any atom is -0.494 e. The fraction of sp³-hybridized carbons (Fsp3) is 0.219. The summed E-state index contributed by atoms with van der Waals surface area (Å²) in [6, 6.07) is 21.7. The smallest absolute Gasteiger partial charge is 0.338 e. The quantitative estimate of drug-likeness (QED) is 0.244. The summed E-state index contributed by atoms with van der Waals surface area (Å²) < 4.78 is 19.2. The van der Waals surface area contributed by atoms with Crippen molar-refractivity contribution in [3.05, 3.63) is 125 Å². The first-order valence-electron chi connectivity index (χ1n) is 13.3. The topological polar surface area (TPSA) is 79.1 Å². The first-order valence-corrected chi connectivity index (χ1v) is 14.5. The normalized spacial score (nSPS) is 14.8. The summed E-state index contributed by atoms with van der Waals surface area (Å²) in [5, 5.41) is 0.656. The number of thiazole rings is 1. The summed E-state index contributed by atoms with van der Waals surface area (Å²) in [4.78, 5) is 32.2. The Bertz CT molecular complexity index is 1790.